The molecule has 174 valence electrons. The van der Waals surface area contributed by atoms with Gasteiger partial charge in [0.25, 0.3) is 5.91 Å². The van der Waals surface area contributed by atoms with Crippen molar-refractivity contribution < 1.29 is 23.9 Å². The molecule has 0 unspecified atom stereocenters. The van der Waals surface area contributed by atoms with Crippen LogP contribution in [0.3, 0.4) is 0 Å². The number of carbonyl (C=O) groups excluding carboxylic acids is 3. The zero-order valence-electron chi connectivity index (χ0n) is 18.1. The number of ether oxygens (including phenoxy) is 2. The fourth-order valence-corrected chi connectivity index (χ4v) is 2.84. The van der Waals surface area contributed by atoms with Crippen LogP contribution in [0.4, 0.5) is 11.4 Å². The van der Waals surface area contributed by atoms with Gasteiger partial charge in [0.1, 0.15) is 11.5 Å². The molecular formula is C24H21ClN4O5. The highest BCUT2D eigenvalue weighted by Gasteiger charge is 2.14. The maximum Gasteiger partial charge on any atom is 0.329 e. The second-order valence-corrected chi connectivity index (χ2v) is 7.18. The quantitative estimate of drug-likeness (QED) is 0.259. The minimum atomic E-state index is -0.946. The summed E-state index contributed by atoms with van der Waals surface area (Å²) >= 11 is 5.94. The summed E-state index contributed by atoms with van der Waals surface area (Å²) in [4.78, 5) is 35.9. The lowest BCUT2D eigenvalue weighted by Crippen LogP contribution is -2.32. The summed E-state index contributed by atoms with van der Waals surface area (Å²) in [5.74, 6) is -1.06. The minimum Gasteiger partial charge on any atom is -0.497 e. The maximum atomic E-state index is 12.1. The topological polar surface area (TPSA) is 118 Å². The highest BCUT2D eigenvalue weighted by atomic mass is 35.5. The van der Waals surface area contributed by atoms with Crippen LogP contribution in [0.2, 0.25) is 5.02 Å². The molecule has 0 aromatic heterocycles. The number of methoxy groups -OCH3 is 1. The van der Waals surface area contributed by atoms with E-state index < -0.39 is 11.8 Å². The largest absolute Gasteiger partial charge is 0.497 e. The standard InChI is InChI=1S/C24H21ClN4O5/c1-33-19-6-4-5-17(13-19)27-22(30)15-34-18-11-9-16(10-12-18)14-26-29-24(32)23(31)28-21-8-3-2-7-20(21)25/h2-14H,15H2,1H3,(H,27,30)(H,28,31)(H,29,32)/b26-14-. The zero-order chi connectivity index (χ0) is 24.3. The Bertz CT molecular complexity index is 1200. The third-order valence-electron chi connectivity index (χ3n) is 4.31. The summed E-state index contributed by atoms with van der Waals surface area (Å²) in [5.41, 5.74) is 3.70. The van der Waals surface area contributed by atoms with Gasteiger partial charge in [-0.15, -0.1) is 0 Å². The van der Waals surface area contributed by atoms with Gasteiger partial charge in [0.2, 0.25) is 0 Å². The molecule has 0 aliphatic heterocycles. The summed E-state index contributed by atoms with van der Waals surface area (Å²) in [6, 6.07) is 20.2. The average Bonchev–Trinajstić information content (AvgIpc) is 2.85. The van der Waals surface area contributed by atoms with Crippen molar-refractivity contribution in [2.24, 2.45) is 5.10 Å². The lowest BCUT2D eigenvalue weighted by Gasteiger charge is -2.08. The Morgan fingerprint density at radius 3 is 2.41 bits per heavy atom. The van der Waals surface area contributed by atoms with Crippen LogP contribution < -0.4 is 25.5 Å². The van der Waals surface area contributed by atoms with Crippen molar-refractivity contribution in [1.29, 1.82) is 0 Å². The minimum absolute atomic E-state index is 0.179. The summed E-state index contributed by atoms with van der Waals surface area (Å²) in [6.45, 7) is -0.179. The number of nitrogens with one attached hydrogen (secondary N) is 3. The fraction of sp³-hybridized carbons (Fsp3) is 0.0833. The normalized spacial score (nSPS) is 10.4. The van der Waals surface area contributed by atoms with Crippen LogP contribution in [0.5, 0.6) is 11.5 Å². The molecule has 0 radical (unpaired) electrons. The number of hydrazone groups is 1. The van der Waals surface area contributed by atoms with Crippen molar-refractivity contribution in [2.45, 2.75) is 0 Å². The molecule has 0 atom stereocenters. The lowest BCUT2D eigenvalue weighted by atomic mass is 10.2. The van der Waals surface area contributed by atoms with Gasteiger partial charge in [0.15, 0.2) is 6.61 Å². The maximum absolute atomic E-state index is 12.1. The second kappa shape index (κ2) is 12.0. The van der Waals surface area contributed by atoms with Gasteiger partial charge in [-0.25, -0.2) is 5.43 Å². The van der Waals surface area contributed by atoms with E-state index in [1.807, 2.05) is 0 Å². The predicted molar refractivity (Wildman–Crippen MR) is 129 cm³/mol. The SMILES string of the molecule is COc1cccc(NC(=O)COc2ccc(/C=N\NC(=O)C(=O)Nc3ccccc3Cl)cc2)c1. The summed E-state index contributed by atoms with van der Waals surface area (Å²) < 4.78 is 10.6. The van der Waals surface area contributed by atoms with E-state index in [4.69, 9.17) is 21.1 Å². The Labute approximate surface area is 200 Å². The van der Waals surface area contributed by atoms with Crippen molar-refractivity contribution in [2.75, 3.05) is 24.4 Å². The molecule has 0 aliphatic rings. The molecule has 0 aliphatic carbocycles. The van der Waals surface area contributed by atoms with E-state index in [1.165, 1.54) is 6.21 Å². The smallest absolute Gasteiger partial charge is 0.329 e. The molecule has 3 N–H and O–H groups in total. The summed E-state index contributed by atoms with van der Waals surface area (Å²) in [7, 11) is 1.55. The van der Waals surface area contributed by atoms with Crippen molar-refractivity contribution in [3.05, 3.63) is 83.4 Å². The Balaban J connectivity index is 1.43. The number of hydrogen-bond acceptors (Lipinski definition) is 6. The Morgan fingerprint density at radius 1 is 0.912 bits per heavy atom. The number of rotatable bonds is 8. The fourth-order valence-electron chi connectivity index (χ4n) is 2.65. The van der Waals surface area contributed by atoms with Gasteiger partial charge in [0, 0.05) is 11.8 Å². The van der Waals surface area contributed by atoms with E-state index in [1.54, 1.807) is 79.9 Å². The molecule has 3 amide bonds. The molecule has 0 spiro atoms. The van der Waals surface area contributed by atoms with Crippen molar-refractivity contribution in [3.63, 3.8) is 0 Å². The number of benzene rings is 3. The summed E-state index contributed by atoms with van der Waals surface area (Å²) in [6.07, 6.45) is 1.36. The average molecular weight is 481 g/mol. The third kappa shape index (κ3) is 7.35. The molecule has 0 fully saturated rings. The van der Waals surface area contributed by atoms with Crippen LogP contribution in [0.15, 0.2) is 77.9 Å². The number of nitrogens with zero attached hydrogens (tertiary/aromatic N) is 1. The van der Waals surface area contributed by atoms with E-state index in [-0.39, 0.29) is 12.5 Å². The number of carbonyl (C=O) groups is 3. The van der Waals surface area contributed by atoms with E-state index in [9.17, 15) is 14.4 Å². The van der Waals surface area contributed by atoms with Gasteiger partial charge < -0.3 is 20.1 Å². The molecule has 0 bridgehead atoms. The molecule has 34 heavy (non-hydrogen) atoms. The van der Waals surface area contributed by atoms with Crippen molar-refractivity contribution >= 4 is 46.9 Å². The van der Waals surface area contributed by atoms with Gasteiger partial charge in [0.05, 0.1) is 24.0 Å². The molecule has 3 rings (SSSR count). The van der Waals surface area contributed by atoms with Crippen LogP contribution >= 0.6 is 11.6 Å². The molecular weight excluding hydrogens is 460 g/mol. The zero-order valence-corrected chi connectivity index (χ0v) is 18.8. The van der Waals surface area contributed by atoms with Gasteiger partial charge in [-0.05, 0) is 54.1 Å². The second-order valence-electron chi connectivity index (χ2n) is 6.77. The van der Waals surface area contributed by atoms with Gasteiger partial charge >= 0.3 is 11.8 Å². The molecule has 3 aromatic rings. The van der Waals surface area contributed by atoms with Gasteiger partial charge in [-0.2, -0.15) is 5.10 Å². The Kier molecular flexibility index (Phi) is 8.59. The van der Waals surface area contributed by atoms with Crippen LogP contribution in [0, 0.1) is 0 Å². The van der Waals surface area contributed by atoms with E-state index in [0.717, 1.165) is 0 Å². The van der Waals surface area contributed by atoms with Crippen molar-refractivity contribution in [3.8, 4) is 11.5 Å². The van der Waals surface area contributed by atoms with E-state index in [2.05, 4.69) is 21.2 Å². The first-order valence-electron chi connectivity index (χ1n) is 10.0. The van der Waals surface area contributed by atoms with E-state index in [0.29, 0.717) is 33.5 Å². The lowest BCUT2D eigenvalue weighted by molar-refractivity contribution is -0.136. The van der Waals surface area contributed by atoms with E-state index >= 15 is 0 Å². The van der Waals surface area contributed by atoms with Gasteiger partial charge in [-0.3, -0.25) is 14.4 Å². The van der Waals surface area contributed by atoms with Crippen LogP contribution in [-0.4, -0.2) is 37.7 Å². The number of halogens is 1. The molecule has 0 heterocycles. The van der Waals surface area contributed by atoms with Crippen LogP contribution in [-0.2, 0) is 14.4 Å². The molecule has 9 nitrogen and oxygen atoms in total. The number of para-hydroxylation sites is 1. The molecule has 0 saturated carbocycles. The van der Waals surface area contributed by atoms with Crippen molar-refractivity contribution in [1.82, 2.24) is 5.43 Å². The summed E-state index contributed by atoms with van der Waals surface area (Å²) in [5, 5.41) is 9.19. The van der Waals surface area contributed by atoms with Crippen LogP contribution in [0.25, 0.3) is 0 Å². The molecule has 0 saturated heterocycles. The van der Waals surface area contributed by atoms with Gasteiger partial charge in [-0.1, -0.05) is 29.8 Å². The highest BCUT2D eigenvalue weighted by Crippen LogP contribution is 2.20. The third-order valence-corrected chi connectivity index (χ3v) is 4.64. The number of anilines is 2. The molecule has 3 aromatic carbocycles. The number of amides is 3. The monoisotopic (exact) mass is 480 g/mol. The first-order chi connectivity index (χ1) is 16.4. The Morgan fingerprint density at radius 2 is 1.68 bits per heavy atom. The number of hydrogen-bond donors (Lipinski definition) is 3. The molecule has 10 heteroatoms. The van der Waals surface area contributed by atoms with Crippen LogP contribution in [0.1, 0.15) is 5.56 Å². The predicted octanol–water partition coefficient (Wildman–Crippen LogP) is 3.45. The Hall–Kier alpha value is -4.37. The first kappa shape index (κ1) is 24.3. The highest BCUT2D eigenvalue weighted by molar-refractivity contribution is 6.41. The first-order valence-corrected chi connectivity index (χ1v) is 10.4.